The molecule has 3 saturated carbocycles. The lowest BCUT2D eigenvalue weighted by molar-refractivity contribution is -0.119. The summed E-state index contributed by atoms with van der Waals surface area (Å²) in [6.07, 6.45) is 12.0. The first-order chi connectivity index (χ1) is 22.7. The Morgan fingerprint density at radius 1 is 0.729 bits per heavy atom. The SMILES string of the molecule is CCC(F)(S(=O)NS(=O)C(F)(F)C=O)C(F)(CC)C(C)(F)S(=O)Oc1c(C2CCCCC2)cc(C2CCCCC2)cc1C1CCCCC1. The van der Waals surface area contributed by atoms with Crippen LogP contribution in [-0.4, -0.2) is 39.8 Å². The molecule has 1 aromatic rings. The van der Waals surface area contributed by atoms with Gasteiger partial charge in [-0.2, -0.15) is 8.78 Å². The summed E-state index contributed by atoms with van der Waals surface area (Å²) in [7, 11) is -7.28. The van der Waals surface area contributed by atoms with Crippen LogP contribution in [0.1, 0.15) is 164 Å². The summed E-state index contributed by atoms with van der Waals surface area (Å²) in [5.41, 5.74) is -1.04. The predicted octanol–water partition coefficient (Wildman–Crippen LogP) is 9.46. The molecule has 14 heteroatoms. The largest absolute Gasteiger partial charge is 0.398 e. The second kappa shape index (κ2) is 16.4. The lowest BCUT2D eigenvalue weighted by Gasteiger charge is -2.43. The number of benzene rings is 1. The summed E-state index contributed by atoms with van der Waals surface area (Å²) in [5, 5.41) is -12.0. The number of nitrogens with one attached hydrogen (secondary N) is 1. The monoisotopic (exact) mass is 743 g/mol. The van der Waals surface area contributed by atoms with Gasteiger partial charge in [-0.25, -0.2) is 25.8 Å². The summed E-state index contributed by atoms with van der Waals surface area (Å²) in [6.45, 7) is 2.62. The molecular formula is C34H50F5NO5S3. The van der Waals surface area contributed by atoms with E-state index in [1.807, 2.05) is 0 Å². The zero-order valence-electron chi connectivity index (χ0n) is 28.1. The van der Waals surface area contributed by atoms with Gasteiger partial charge in [0, 0.05) is 0 Å². The Bertz CT molecular complexity index is 1310. The van der Waals surface area contributed by atoms with Crippen molar-refractivity contribution in [3.63, 3.8) is 0 Å². The normalized spacial score (nSPS) is 24.8. The Hall–Kier alpha value is -1.25. The average Bonchev–Trinajstić information content (AvgIpc) is 3.11. The van der Waals surface area contributed by atoms with E-state index in [0.29, 0.717) is 12.8 Å². The zero-order chi connectivity index (χ0) is 35.3. The van der Waals surface area contributed by atoms with Crippen LogP contribution in [-0.2, 0) is 37.8 Å². The Kier molecular flexibility index (Phi) is 13.5. The highest BCUT2D eigenvalue weighted by Gasteiger charge is 2.70. The van der Waals surface area contributed by atoms with Crippen LogP contribution in [0.15, 0.2) is 12.1 Å². The van der Waals surface area contributed by atoms with Gasteiger partial charge in [0.15, 0.2) is 11.0 Å². The first-order valence-corrected chi connectivity index (χ1v) is 20.8. The van der Waals surface area contributed by atoms with E-state index in [1.54, 1.807) is 0 Å². The average molecular weight is 744 g/mol. The van der Waals surface area contributed by atoms with Crippen LogP contribution in [0, 0.1) is 0 Å². The van der Waals surface area contributed by atoms with Gasteiger partial charge in [-0.3, -0.25) is 4.79 Å². The summed E-state index contributed by atoms with van der Waals surface area (Å²) in [4.78, 5) is 10.7. The highest BCUT2D eigenvalue weighted by Crippen LogP contribution is 2.52. The molecule has 0 aliphatic heterocycles. The van der Waals surface area contributed by atoms with Crippen molar-refractivity contribution >= 4 is 39.3 Å². The fourth-order valence-electron chi connectivity index (χ4n) is 7.89. The third-order valence-electron chi connectivity index (χ3n) is 10.9. The van der Waals surface area contributed by atoms with Crippen LogP contribution in [0.25, 0.3) is 0 Å². The van der Waals surface area contributed by atoms with Crippen LogP contribution < -0.4 is 8.31 Å². The zero-order valence-corrected chi connectivity index (χ0v) is 30.6. The van der Waals surface area contributed by atoms with E-state index in [9.17, 15) is 26.2 Å². The topological polar surface area (TPSA) is 89.5 Å². The maximum atomic E-state index is 17.0. The van der Waals surface area contributed by atoms with E-state index in [2.05, 4.69) is 12.1 Å². The van der Waals surface area contributed by atoms with Crippen LogP contribution in [0.3, 0.4) is 0 Å². The minimum Gasteiger partial charge on any atom is -0.398 e. The molecule has 3 fully saturated rings. The number of alkyl halides is 5. The molecule has 0 amide bonds. The lowest BCUT2D eigenvalue weighted by atomic mass is 9.75. The molecule has 0 saturated heterocycles. The Balaban J connectivity index is 1.79. The van der Waals surface area contributed by atoms with Gasteiger partial charge in [0.05, 0.1) is 0 Å². The molecule has 48 heavy (non-hydrogen) atoms. The molecule has 4 rings (SSSR count). The van der Waals surface area contributed by atoms with Gasteiger partial charge in [0.1, 0.15) is 16.7 Å². The van der Waals surface area contributed by atoms with Gasteiger partial charge in [-0.05, 0) is 92.7 Å². The van der Waals surface area contributed by atoms with Crippen molar-refractivity contribution < 1.29 is 43.6 Å². The Morgan fingerprint density at radius 2 is 1.17 bits per heavy atom. The van der Waals surface area contributed by atoms with Crippen molar-refractivity contribution in [3.05, 3.63) is 28.8 Å². The van der Waals surface area contributed by atoms with Crippen LogP contribution in [0.2, 0.25) is 0 Å². The molecular weight excluding hydrogens is 694 g/mol. The quantitative estimate of drug-likeness (QED) is 0.143. The van der Waals surface area contributed by atoms with Gasteiger partial charge < -0.3 is 4.18 Å². The molecule has 1 N–H and O–H groups in total. The van der Waals surface area contributed by atoms with E-state index in [-0.39, 0.29) is 17.6 Å². The summed E-state index contributed by atoms with van der Waals surface area (Å²) < 4.78 is 124. The van der Waals surface area contributed by atoms with E-state index in [1.165, 1.54) is 16.1 Å². The predicted molar refractivity (Wildman–Crippen MR) is 181 cm³/mol. The highest BCUT2D eigenvalue weighted by atomic mass is 32.3. The van der Waals surface area contributed by atoms with Crippen LogP contribution >= 0.6 is 0 Å². The fraction of sp³-hybridized carbons (Fsp3) is 0.794. The van der Waals surface area contributed by atoms with Crippen molar-refractivity contribution in [3.8, 4) is 5.75 Å². The number of aldehydes is 1. The van der Waals surface area contributed by atoms with Gasteiger partial charge in [0.25, 0.3) is 5.00 Å². The maximum Gasteiger partial charge on any atom is 0.389 e. The van der Waals surface area contributed by atoms with Gasteiger partial charge in [-0.1, -0.05) is 83.8 Å². The van der Waals surface area contributed by atoms with Crippen molar-refractivity contribution in [2.45, 2.75) is 169 Å². The highest BCUT2D eigenvalue weighted by molar-refractivity contribution is 8.00. The molecule has 6 nitrogen and oxygen atoms in total. The van der Waals surface area contributed by atoms with Crippen molar-refractivity contribution in [1.29, 1.82) is 0 Å². The molecule has 0 radical (unpaired) electrons. The van der Waals surface area contributed by atoms with Crippen molar-refractivity contribution in [2.24, 2.45) is 0 Å². The number of carbonyl (C=O) groups excluding carboxylic acids is 1. The lowest BCUT2D eigenvalue weighted by Crippen LogP contribution is -2.65. The molecule has 3 aliphatic rings. The first kappa shape index (κ1) is 39.5. The molecule has 6 atom stereocenters. The smallest absolute Gasteiger partial charge is 0.389 e. The third kappa shape index (κ3) is 7.96. The molecule has 0 heterocycles. The second-order valence-electron chi connectivity index (χ2n) is 13.8. The Labute approximate surface area is 289 Å². The van der Waals surface area contributed by atoms with Crippen molar-refractivity contribution in [2.75, 3.05) is 0 Å². The summed E-state index contributed by atoms with van der Waals surface area (Å²) in [6, 6.07) is 4.19. The van der Waals surface area contributed by atoms with E-state index in [0.717, 1.165) is 115 Å². The number of hydrogen-bond acceptors (Lipinski definition) is 5. The molecule has 0 spiro atoms. The van der Waals surface area contributed by atoms with E-state index >= 15 is 13.2 Å². The second-order valence-corrected chi connectivity index (χ2v) is 18.1. The Morgan fingerprint density at radius 3 is 1.56 bits per heavy atom. The van der Waals surface area contributed by atoms with E-state index < -0.39 is 73.1 Å². The first-order valence-electron chi connectivity index (χ1n) is 17.5. The number of rotatable bonds is 15. The molecule has 0 bridgehead atoms. The van der Waals surface area contributed by atoms with Crippen LogP contribution in [0.5, 0.6) is 5.75 Å². The third-order valence-corrected chi connectivity index (χ3v) is 15.1. The molecule has 274 valence electrons. The standard InChI is InChI=1S/C34H50F5NO5S3/c1-4-32(36,33(37,5-2)46(42)40-47(43)34(38,39)23-41)31(3,35)48(44)45-30-28(25-17-11-7-12-18-25)21-27(24-15-9-6-10-16-24)22-29(30)26-19-13-8-14-20-26/h21-26,40H,4-20H2,1-3H3. The van der Waals surface area contributed by atoms with Crippen molar-refractivity contribution in [1.82, 2.24) is 4.13 Å². The molecule has 0 aromatic heterocycles. The molecule has 1 aromatic carbocycles. The number of carbonyl (C=O) groups is 1. The summed E-state index contributed by atoms with van der Waals surface area (Å²) >= 11 is -3.21. The molecule has 6 unspecified atom stereocenters. The van der Waals surface area contributed by atoms with E-state index in [4.69, 9.17) is 4.18 Å². The number of hydrogen-bond donors (Lipinski definition) is 1. The maximum absolute atomic E-state index is 17.0. The van der Waals surface area contributed by atoms with Gasteiger partial charge in [-0.15, -0.1) is 4.13 Å². The molecule has 3 aliphatic carbocycles. The van der Waals surface area contributed by atoms with Crippen LogP contribution in [0.4, 0.5) is 22.0 Å². The minimum atomic E-state index is -4.57. The fourth-order valence-corrected chi connectivity index (χ4v) is 11.5. The van der Waals surface area contributed by atoms with Gasteiger partial charge >= 0.3 is 5.25 Å². The summed E-state index contributed by atoms with van der Waals surface area (Å²) in [5.74, 6) is 0.682. The number of halogens is 5. The minimum absolute atomic E-state index is 0.0471. The van der Waals surface area contributed by atoms with Gasteiger partial charge in [0.2, 0.25) is 28.0 Å².